The second-order valence-electron chi connectivity index (χ2n) is 5.51. The van der Waals surface area contributed by atoms with Gasteiger partial charge >= 0.3 is 5.63 Å². The SMILES string of the molecule is Cc1cccc2oc(=O)c3c(c12)OC(C)(C)CC3. The smallest absolute Gasteiger partial charge is 0.343 e. The first kappa shape index (κ1) is 11.3. The Hall–Kier alpha value is -1.77. The number of aryl methyl sites for hydroxylation is 1. The van der Waals surface area contributed by atoms with Gasteiger partial charge in [0.1, 0.15) is 16.9 Å². The minimum Gasteiger partial charge on any atom is -0.487 e. The van der Waals surface area contributed by atoms with E-state index in [2.05, 4.69) is 13.8 Å². The minimum absolute atomic E-state index is 0.226. The average Bonchev–Trinajstić information content (AvgIpc) is 2.27. The normalized spacial score (nSPS) is 17.3. The van der Waals surface area contributed by atoms with Gasteiger partial charge < -0.3 is 9.15 Å². The summed E-state index contributed by atoms with van der Waals surface area (Å²) in [5, 5.41) is 0.930. The fourth-order valence-corrected chi connectivity index (χ4v) is 2.50. The summed E-state index contributed by atoms with van der Waals surface area (Å²) in [7, 11) is 0. The van der Waals surface area contributed by atoms with Crippen LogP contribution in [0.1, 0.15) is 31.4 Å². The molecule has 0 aliphatic carbocycles. The number of rotatable bonds is 0. The van der Waals surface area contributed by atoms with E-state index in [-0.39, 0.29) is 11.2 Å². The van der Waals surface area contributed by atoms with Crippen LogP contribution in [0.4, 0.5) is 0 Å². The zero-order valence-corrected chi connectivity index (χ0v) is 10.9. The van der Waals surface area contributed by atoms with E-state index in [0.717, 1.165) is 29.5 Å². The monoisotopic (exact) mass is 244 g/mol. The molecule has 2 heterocycles. The fourth-order valence-electron chi connectivity index (χ4n) is 2.50. The molecule has 0 fully saturated rings. The van der Waals surface area contributed by atoms with E-state index in [0.29, 0.717) is 11.1 Å². The summed E-state index contributed by atoms with van der Waals surface area (Å²) < 4.78 is 11.4. The molecule has 0 amide bonds. The maximum absolute atomic E-state index is 12.0. The molecule has 18 heavy (non-hydrogen) atoms. The summed E-state index contributed by atoms with van der Waals surface area (Å²) in [5.74, 6) is 0.718. The Morgan fingerprint density at radius 3 is 2.83 bits per heavy atom. The van der Waals surface area contributed by atoms with E-state index in [4.69, 9.17) is 9.15 Å². The largest absolute Gasteiger partial charge is 0.487 e. The van der Waals surface area contributed by atoms with Crippen LogP contribution in [-0.2, 0) is 6.42 Å². The van der Waals surface area contributed by atoms with Crippen molar-refractivity contribution in [2.24, 2.45) is 0 Å². The molecule has 1 aliphatic heterocycles. The van der Waals surface area contributed by atoms with Gasteiger partial charge in [-0.3, -0.25) is 0 Å². The van der Waals surface area contributed by atoms with Gasteiger partial charge in [-0.1, -0.05) is 12.1 Å². The maximum atomic E-state index is 12.0. The molecular formula is C15H16O3. The van der Waals surface area contributed by atoms with Crippen molar-refractivity contribution >= 4 is 11.0 Å². The third kappa shape index (κ3) is 1.62. The lowest BCUT2D eigenvalue weighted by Gasteiger charge is -2.32. The predicted molar refractivity (Wildman–Crippen MR) is 70.2 cm³/mol. The van der Waals surface area contributed by atoms with E-state index in [9.17, 15) is 4.79 Å². The highest BCUT2D eigenvalue weighted by atomic mass is 16.5. The number of hydrogen-bond acceptors (Lipinski definition) is 3. The Morgan fingerprint density at radius 2 is 2.06 bits per heavy atom. The first-order chi connectivity index (χ1) is 8.48. The highest BCUT2D eigenvalue weighted by molar-refractivity contribution is 5.87. The minimum atomic E-state index is -0.265. The average molecular weight is 244 g/mol. The van der Waals surface area contributed by atoms with E-state index in [1.807, 2.05) is 25.1 Å². The van der Waals surface area contributed by atoms with Crippen LogP contribution < -0.4 is 10.4 Å². The van der Waals surface area contributed by atoms with E-state index >= 15 is 0 Å². The lowest BCUT2D eigenvalue weighted by molar-refractivity contribution is 0.0851. The van der Waals surface area contributed by atoms with Gasteiger partial charge in [-0.15, -0.1) is 0 Å². The van der Waals surface area contributed by atoms with Crippen molar-refractivity contribution in [1.29, 1.82) is 0 Å². The molecule has 0 N–H and O–H groups in total. The molecule has 0 saturated heterocycles. The van der Waals surface area contributed by atoms with Gasteiger partial charge in [0, 0.05) is 0 Å². The first-order valence-electron chi connectivity index (χ1n) is 6.22. The fraction of sp³-hybridized carbons (Fsp3) is 0.400. The van der Waals surface area contributed by atoms with Crippen LogP contribution in [-0.4, -0.2) is 5.60 Å². The Morgan fingerprint density at radius 1 is 1.28 bits per heavy atom. The molecule has 0 saturated carbocycles. The summed E-state index contributed by atoms with van der Waals surface area (Å²) in [6.45, 7) is 6.11. The van der Waals surface area contributed by atoms with Crippen molar-refractivity contribution in [3.05, 3.63) is 39.7 Å². The molecule has 0 bridgehead atoms. The van der Waals surface area contributed by atoms with Crippen LogP contribution in [0, 0.1) is 6.92 Å². The summed E-state index contributed by atoms with van der Waals surface area (Å²) in [6, 6.07) is 5.71. The lowest BCUT2D eigenvalue weighted by Crippen LogP contribution is -2.34. The predicted octanol–water partition coefficient (Wildman–Crippen LogP) is 3.21. The molecule has 0 spiro atoms. The standard InChI is InChI=1S/C15H16O3/c1-9-5-4-6-11-12(9)13-10(14(16)17-11)7-8-15(2,3)18-13/h4-6H,7-8H2,1-3H3. The number of hydrogen-bond donors (Lipinski definition) is 0. The molecule has 0 atom stereocenters. The summed E-state index contributed by atoms with van der Waals surface area (Å²) >= 11 is 0. The van der Waals surface area contributed by atoms with Crippen LogP contribution in [0.25, 0.3) is 11.0 Å². The van der Waals surface area contributed by atoms with Crippen LogP contribution >= 0.6 is 0 Å². The topological polar surface area (TPSA) is 39.4 Å². The van der Waals surface area contributed by atoms with Crippen molar-refractivity contribution < 1.29 is 9.15 Å². The van der Waals surface area contributed by atoms with Crippen LogP contribution in [0.3, 0.4) is 0 Å². The molecular weight excluding hydrogens is 228 g/mol. The number of fused-ring (bicyclic) bond motifs is 3. The Bertz CT molecular complexity index is 680. The van der Waals surface area contributed by atoms with Gasteiger partial charge in [-0.05, 0) is 45.2 Å². The van der Waals surface area contributed by atoms with Gasteiger partial charge in [0.05, 0.1) is 10.9 Å². The van der Waals surface area contributed by atoms with Crippen LogP contribution in [0.2, 0.25) is 0 Å². The number of ether oxygens (including phenoxy) is 1. The maximum Gasteiger partial charge on any atom is 0.343 e. The van der Waals surface area contributed by atoms with Gasteiger partial charge in [0.15, 0.2) is 0 Å². The van der Waals surface area contributed by atoms with Gasteiger partial charge in [0.2, 0.25) is 0 Å². The van der Waals surface area contributed by atoms with Crippen molar-refractivity contribution in [2.45, 2.75) is 39.2 Å². The van der Waals surface area contributed by atoms with E-state index in [1.54, 1.807) is 0 Å². The third-order valence-electron chi connectivity index (χ3n) is 3.54. The molecule has 2 aromatic rings. The van der Waals surface area contributed by atoms with Crippen molar-refractivity contribution in [3.63, 3.8) is 0 Å². The zero-order valence-electron chi connectivity index (χ0n) is 10.9. The first-order valence-corrected chi connectivity index (χ1v) is 6.22. The summed E-state index contributed by atoms with van der Waals surface area (Å²) in [6.07, 6.45) is 1.55. The Balaban J connectivity index is 2.40. The Kier molecular flexibility index (Phi) is 2.27. The molecule has 1 aliphatic rings. The summed E-state index contributed by atoms with van der Waals surface area (Å²) in [4.78, 5) is 12.0. The van der Waals surface area contributed by atoms with Crippen molar-refractivity contribution in [2.75, 3.05) is 0 Å². The highest BCUT2D eigenvalue weighted by Gasteiger charge is 2.31. The molecule has 3 rings (SSSR count). The molecule has 0 radical (unpaired) electrons. The van der Waals surface area contributed by atoms with Gasteiger partial charge in [-0.25, -0.2) is 4.79 Å². The van der Waals surface area contributed by atoms with Crippen molar-refractivity contribution in [3.8, 4) is 5.75 Å². The van der Waals surface area contributed by atoms with E-state index < -0.39 is 0 Å². The second kappa shape index (κ2) is 3.61. The lowest BCUT2D eigenvalue weighted by atomic mass is 9.93. The van der Waals surface area contributed by atoms with Crippen LogP contribution in [0.15, 0.2) is 27.4 Å². The van der Waals surface area contributed by atoms with Crippen LogP contribution in [0.5, 0.6) is 5.75 Å². The summed E-state index contributed by atoms with van der Waals surface area (Å²) in [5.41, 5.74) is 1.87. The van der Waals surface area contributed by atoms with Gasteiger partial charge in [0.25, 0.3) is 0 Å². The quantitative estimate of drug-likeness (QED) is 0.668. The van der Waals surface area contributed by atoms with Gasteiger partial charge in [-0.2, -0.15) is 0 Å². The molecule has 3 heteroatoms. The molecule has 0 unspecified atom stereocenters. The second-order valence-corrected chi connectivity index (χ2v) is 5.51. The molecule has 1 aromatic heterocycles. The number of benzene rings is 1. The third-order valence-corrected chi connectivity index (χ3v) is 3.54. The highest BCUT2D eigenvalue weighted by Crippen LogP contribution is 2.38. The van der Waals surface area contributed by atoms with E-state index in [1.165, 1.54) is 0 Å². The Labute approximate surface area is 105 Å². The molecule has 94 valence electrons. The van der Waals surface area contributed by atoms with Crippen molar-refractivity contribution in [1.82, 2.24) is 0 Å². The molecule has 1 aromatic carbocycles. The molecule has 3 nitrogen and oxygen atoms in total. The zero-order chi connectivity index (χ0) is 12.9.